The summed E-state index contributed by atoms with van der Waals surface area (Å²) in [7, 11) is 0. The van der Waals surface area contributed by atoms with Crippen LogP contribution in [0.2, 0.25) is 0 Å². The summed E-state index contributed by atoms with van der Waals surface area (Å²) in [5.41, 5.74) is 12.8. The number of imidazole rings is 1. The van der Waals surface area contributed by atoms with Gasteiger partial charge < -0.3 is 37.3 Å². The topological polar surface area (TPSA) is 212 Å². The largest absolute Gasteiger partial charge is 0.370 e. The highest BCUT2D eigenvalue weighted by atomic mass is 16.2. The van der Waals surface area contributed by atoms with E-state index in [9.17, 15) is 19.2 Å². The van der Waals surface area contributed by atoms with Crippen LogP contribution in [-0.4, -0.2) is 82.1 Å². The van der Waals surface area contributed by atoms with Gasteiger partial charge >= 0.3 is 0 Å². The van der Waals surface area contributed by atoms with Gasteiger partial charge in [-0.2, -0.15) is 0 Å². The van der Waals surface area contributed by atoms with E-state index in [2.05, 4.69) is 25.9 Å². The van der Waals surface area contributed by atoms with Crippen molar-refractivity contribution in [3.8, 4) is 0 Å². The van der Waals surface area contributed by atoms with Gasteiger partial charge in [0.05, 0.1) is 18.1 Å². The summed E-state index contributed by atoms with van der Waals surface area (Å²) < 4.78 is 0. The second-order valence-corrected chi connectivity index (χ2v) is 9.47. The number of hydrogen-bond acceptors (Lipinski definition) is 7. The van der Waals surface area contributed by atoms with E-state index < -0.39 is 36.0 Å². The standard InChI is InChI=1S/C26H36N9O4/c27-20(8-4-10-31-26(28)29)25(39)35-11-5-9-22(35)24(38)34-21(12-17-6-2-1-3-7-17)23(37)33-19(15-36)13-18-14-30-16-32-18/h1-3,6-7,14,16,19-22H,4-5,8-13,27H2,(H,30,32)(H,33,37)(H,34,38)(H4,28,29,31)/t19-,20-,21-,22-/m0/s1. The van der Waals surface area contributed by atoms with E-state index in [-0.39, 0.29) is 24.7 Å². The van der Waals surface area contributed by atoms with Gasteiger partial charge in [-0.1, -0.05) is 30.3 Å². The maximum Gasteiger partial charge on any atom is 0.243 e. The quantitative estimate of drug-likeness (QED) is 0.0884. The average Bonchev–Trinajstić information content (AvgIpc) is 3.62. The minimum absolute atomic E-state index is 0.148. The Hall–Kier alpha value is -4.26. The monoisotopic (exact) mass is 538 g/mol. The van der Waals surface area contributed by atoms with Gasteiger partial charge in [0, 0.05) is 32.1 Å². The Kier molecular flexibility index (Phi) is 11.0. The fourth-order valence-electron chi connectivity index (χ4n) is 4.52. The fourth-order valence-corrected chi connectivity index (χ4v) is 4.52. The molecule has 0 bridgehead atoms. The molecule has 2 aromatic rings. The molecule has 3 rings (SSSR count). The summed E-state index contributed by atoms with van der Waals surface area (Å²) in [5.74, 6) is -1.49. The molecule has 4 atom stereocenters. The van der Waals surface area contributed by atoms with E-state index >= 15 is 0 Å². The minimum atomic E-state index is -0.987. The minimum Gasteiger partial charge on any atom is -0.370 e. The van der Waals surface area contributed by atoms with E-state index in [4.69, 9.17) is 16.9 Å². The highest BCUT2D eigenvalue weighted by molar-refractivity contribution is 5.94. The van der Waals surface area contributed by atoms with Crippen LogP contribution in [0.15, 0.2) is 42.9 Å². The maximum atomic E-state index is 13.4. The number of amides is 3. The Balaban J connectivity index is 1.66. The number of aromatic nitrogens is 2. The van der Waals surface area contributed by atoms with Crippen LogP contribution in [0.3, 0.4) is 0 Å². The zero-order valence-electron chi connectivity index (χ0n) is 21.7. The van der Waals surface area contributed by atoms with Crippen molar-refractivity contribution in [2.45, 2.75) is 62.7 Å². The van der Waals surface area contributed by atoms with Crippen molar-refractivity contribution in [3.63, 3.8) is 0 Å². The van der Waals surface area contributed by atoms with Gasteiger partial charge in [-0.3, -0.25) is 24.6 Å². The Morgan fingerprint density at radius 1 is 1.21 bits per heavy atom. The van der Waals surface area contributed by atoms with Crippen molar-refractivity contribution in [1.82, 2.24) is 30.8 Å². The number of nitrogens with zero attached hydrogens (tertiary/aromatic N) is 2. The molecular formula is C26H36N9O4. The van der Waals surface area contributed by atoms with Gasteiger partial charge in [0.1, 0.15) is 18.1 Å². The molecule has 39 heavy (non-hydrogen) atoms. The summed E-state index contributed by atoms with van der Waals surface area (Å²) in [6.07, 6.45) is 7.22. The van der Waals surface area contributed by atoms with Gasteiger partial charge in [-0.05, 0) is 31.2 Å². The number of likely N-dealkylation sites (tertiary alicyclic amines) is 1. The number of hydrogen-bond donors (Lipinski definition) is 7. The first kappa shape index (κ1) is 29.3. The Bertz CT molecular complexity index is 1110. The van der Waals surface area contributed by atoms with E-state index in [1.165, 1.54) is 11.2 Å². The highest BCUT2D eigenvalue weighted by Crippen LogP contribution is 2.20. The molecule has 1 aromatic carbocycles. The van der Waals surface area contributed by atoms with Crippen LogP contribution in [0, 0.1) is 5.41 Å². The second-order valence-electron chi connectivity index (χ2n) is 9.47. The molecule has 1 aliphatic heterocycles. The Morgan fingerprint density at radius 3 is 2.64 bits per heavy atom. The van der Waals surface area contributed by atoms with Crippen LogP contribution in [0.25, 0.3) is 0 Å². The van der Waals surface area contributed by atoms with Gasteiger partial charge in [0.25, 0.3) is 0 Å². The first-order chi connectivity index (χ1) is 18.8. The molecule has 0 unspecified atom stereocenters. The van der Waals surface area contributed by atoms with Crippen molar-refractivity contribution in [3.05, 3.63) is 54.1 Å². The summed E-state index contributed by atoms with van der Waals surface area (Å²) in [6.45, 7) is 0.799. The Labute approximate surface area is 227 Å². The number of rotatable bonds is 14. The maximum absolute atomic E-state index is 13.4. The fraction of sp³-hybridized carbons (Fsp3) is 0.462. The first-order valence-electron chi connectivity index (χ1n) is 12.9. The molecule has 3 amide bonds. The predicted octanol–water partition coefficient (Wildman–Crippen LogP) is -1.14. The molecule has 2 heterocycles. The van der Waals surface area contributed by atoms with Crippen molar-refractivity contribution < 1.29 is 19.2 Å². The molecule has 0 spiro atoms. The SMILES string of the molecule is N=C(N)NCCC[C@H](N)C(=O)N1CCC[C@H]1C(=O)N[C@@H](Cc1ccccc1)C(=O)N[C@H]([C]=O)Cc1c[nH]cn1. The molecule has 13 heteroatoms. The molecule has 0 saturated carbocycles. The summed E-state index contributed by atoms with van der Waals surface area (Å²) in [4.78, 5) is 59.5. The number of benzene rings is 1. The molecule has 13 nitrogen and oxygen atoms in total. The van der Waals surface area contributed by atoms with E-state index in [1.807, 2.05) is 36.6 Å². The van der Waals surface area contributed by atoms with Crippen LogP contribution in [0.4, 0.5) is 0 Å². The molecular weight excluding hydrogens is 502 g/mol. The number of carbonyl (C=O) groups is 3. The van der Waals surface area contributed by atoms with Crippen LogP contribution < -0.4 is 27.4 Å². The van der Waals surface area contributed by atoms with E-state index in [1.54, 1.807) is 6.20 Å². The number of nitrogens with one attached hydrogen (secondary N) is 5. The molecule has 1 fully saturated rings. The lowest BCUT2D eigenvalue weighted by Crippen LogP contribution is -2.56. The number of aromatic amines is 1. The van der Waals surface area contributed by atoms with Crippen LogP contribution in [0.5, 0.6) is 0 Å². The molecule has 1 saturated heterocycles. The molecule has 1 aliphatic rings. The van der Waals surface area contributed by atoms with Gasteiger partial charge in [0.15, 0.2) is 5.96 Å². The van der Waals surface area contributed by atoms with Gasteiger partial charge in [0.2, 0.25) is 24.0 Å². The van der Waals surface area contributed by atoms with E-state index in [0.717, 1.165) is 5.56 Å². The third-order valence-corrected chi connectivity index (χ3v) is 6.51. The lowest BCUT2D eigenvalue weighted by Gasteiger charge is -2.28. The van der Waals surface area contributed by atoms with Crippen LogP contribution in [-0.2, 0) is 32.0 Å². The third kappa shape index (κ3) is 8.92. The average molecular weight is 539 g/mol. The molecule has 1 radical (unpaired) electrons. The van der Waals surface area contributed by atoms with E-state index in [0.29, 0.717) is 44.5 Å². The lowest BCUT2D eigenvalue weighted by molar-refractivity contribution is -0.140. The molecule has 1 aromatic heterocycles. The second kappa shape index (κ2) is 14.6. The van der Waals surface area contributed by atoms with Crippen molar-refractivity contribution >= 4 is 30.0 Å². The summed E-state index contributed by atoms with van der Waals surface area (Å²) >= 11 is 0. The molecule has 209 valence electrons. The number of guanidine groups is 1. The van der Waals surface area contributed by atoms with Crippen LogP contribution >= 0.6 is 0 Å². The van der Waals surface area contributed by atoms with Crippen LogP contribution in [0.1, 0.15) is 36.9 Å². The van der Waals surface area contributed by atoms with Gasteiger partial charge in [-0.25, -0.2) is 4.98 Å². The van der Waals surface area contributed by atoms with Crippen molar-refractivity contribution in [2.75, 3.05) is 13.1 Å². The summed E-state index contributed by atoms with van der Waals surface area (Å²) in [5, 5.41) is 15.3. The van der Waals surface area contributed by atoms with Crippen molar-refractivity contribution in [1.29, 1.82) is 5.41 Å². The highest BCUT2D eigenvalue weighted by Gasteiger charge is 2.37. The number of H-pyrrole nitrogens is 1. The zero-order chi connectivity index (χ0) is 28.2. The lowest BCUT2D eigenvalue weighted by atomic mass is 10.0. The Morgan fingerprint density at radius 2 is 1.97 bits per heavy atom. The molecule has 0 aliphatic carbocycles. The van der Waals surface area contributed by atoms with Gasteiger partial charge in [-0.15, -0.1) is 0 Å². The number of nitrogens with two attached hydrogens (primary N) is 2. The summed E-state index contributed by atoms with van der Waals surface area (Å²) in [6, 6.07) is 5.68. The smallest absolute Gasteiger partial charge is 0.243 e. The predicted molar refractivity (Wildman–Crippen MR) is 144 cm³/mol. The first-order valence-corrected chi connectivity index (χ1v) is 12.9. The molecule has 9 N–H and O–H groups in total. The number of carbonyl (C=O) groups excluding carboxylic acids is 4. The normalized spacial score (nSPS) is 17.1. The zero-order valence-corrected chi connectivity index (χ0v) is 21.7. The third-order valence-electron chi connectivity index (χ3n) is 6.51. The van der Waals surface area contributed by atoms with Crippen molar-refractivity contribution in [2.24, 2.45) is 11.5 Å².